The maximum Gasteiger partial charge on any atom is 0.286 e. The number of aliphatic imine (C=N–C) groups is 1. The van der Waals surface area contributed by atoms with Gasteiger partial charge in [-0.05, 0) is 35.5 Å². The van der Waals surface area contributed by atoms with Gasteiger partial charge >= 0.3 is 0 Å². The number of hydrogen-bond acceptors (Lipinski definition) is 4. The summed E-state index contributed by atoms with van der Waals surface area (Å²) in [7, 11) is 0. The third-order valence-electron chi connectivity index (χ3n) is 1.64. The smallest absolute Gasteiger partial charge is 0.286 e. The fourth-order valence-corrected chi connectivity index (χ4v) is 1.72. The van der Waals surface area contributed by atoms with Gasteiger partial charge in [0.1, 0.15) is 0 Å². The van der Waals surface area contributed by atoms with Crippen LogP contribution in [0, 0.1) is 0 Å². The average Bonchev–Trinajstić information content (AvgIpc) is 2.47. The zero-order valence-electron chi connectivity index (χ0n) is 7.18. The van der Waals surface area contributed by atoms with Gasteiger partial charge in [-0.25, -0.2) is 0 Å². The number of amidine groups is 1. The van der Waals surface area contributed by atoms with E-state index in [1.165, 1.54) is 11.8 Å². The molecule has 0 saturated heterocycles. The van der Waals surface area contributed by atoms with Crippen molar-refractivity contribution in [2.75, 3.05) is 0 Å². The number of nitrogens with two attached hydrogens (primary N) is 1. The molecule has 1 aromatic rings. The van der Waals surface area contributed by atoms with Crippen molar-refractivity contribution in [3.05, 3.63) is 35.0 Å². The Morgan fingerprint density at radius 3 is 2.64 bits per heavy atom. The minimum absolute atomic E-state index is 0.274. The highest BCUT2D eigenvalue weighted by Gasteiger charge is 2.18. The van der Waals surface area contributed by atoms with Crippen molar-refractivity contribution in [2.24, 2.45) is 10.7 Å². The van der Waals surface area contributed by atoms with Crippen LogP contribution in [0.15, 0.2) is 34.4 Å². The fraction of sp³-hybridized carbons (Fsp3) is 0. The lowest BCUT2D eigenvalue weighted by molar-refractivity contribution is -0.113. The predicted molar refractivity (Wildman–Crippen MR) is 56.4 cm³/mol. The molecule has 2 heterocycles. The number of carbonyl (C=O) groups is 1. The Balaban J connectivity index is 2.26. The molecule has 0 spiro atoms. The Kier molecular flexibility index (Phi) is 2.32. The highest BCUT2D eigenvalue weighted by atomic mass is 32.2. The minimum Gasteiger partial charge on any atom is -0.378 e. The van der Waals surface area contributed by atoms with Crippen LogP contribution in [0.5, 0.6) is 0 Å². The van der Waals surface area contributed by atoms with E-state index in [4.69, 9.17) is 5.73 Å². The summed E-state index contributed by atoms with van der Waals surface area (Å²) in [6.07, 6.45) is 5.08. The summed E-state index contributed by atoms with van der Waals surface area (Å²) in [4.78, 5) is 19.2. The average molecular weight is 205 g/mol. The van der Waals surface area contributed by atoms with Crippen LogP contribution in [-0.2, 0) is 4.79 Å². The van der Waals surface area contributed by atoms with E-state index in [0.29, 0.717) is 10.1 Å². The van der Waals surface area contributed by atoms with Crippen LogP contribution in [0.3, 0.4) is 0 Å². The van der Waals surface area contributed by atoms with Crippen molar-refractivity contribution in [2.45, 2.75) is 0 Å². The van der Waals surface area contributed by atoms with Crippen LogP contribution in [0.2, 0.25) is 0 Å². The minimum atomic E-state index is -0.274. The largest absolute Gasteiger partial charge is 0.378 e. The Morgan fingerprint density at radius 1 is 1.36 bits per heavy atom. The van der Waals surface area contributed by atoms with Gasteiger partial charge < -0.3 is 5.73 Å². The molecule has 0 aromatic carbocycles. The zero-order chi connectivity index (χ0) is 9.97. The van der Waals surface area contributed by atoms with Gasteiger partial charge in [-0.1, -0.05) is 0 Å². The lowest BCUT2D eigenvalue weighted by Crippen LogP contribution is -2.01. The third kappa shape index (κ3) is 1.82. The first-order valence-electron chi connectivity index (χ1n) is 3.94. The summed E-state index contributed by atoms with van der Waals surface area (Å²) in [6, 6.07) is 3.63. The molecule has 14 heavy (non-hydrogen) atoms. The van der Waals surface area contributed by atoms with Crippen molar-refractivity contribution < 1.29 is 4.79 Å². The van der Waals surface area contributed by atoms with E-state index in [-0.39, 0.29) is 5.91 Å². The number of thioether (sulfide) groups is 1. The lowest BCUT2D eigenvalue weighted by atomic mass is 10.2. The van der Waals surface area contributed by atoms with E-state index in [1.54, 1.807) is 18.5 Å². The first-order valence-corrected chi connectivity index (χ1v) is 4.75. The molecule has 2 rings (SSSR count). The first kappa shape index (κ1) is 8.96. The van der Waals surface area contributed by atoms with Crippen LogP contribution < -0.4 is 5.73 Å². The van der Waals surface area contributed by atoms with Gasteiger partial charge in [0.2, 0.25) is 0 Å². The van der Waals surface area contributed by atoms with Gasteiger partial charge in [0.15, 0.2) is 5.17 Å². The highest BCUT2D eigenvalue weighted by molar-refractivity contribution is 8.18. The summed E-state index contributed by atoms with van der Waals surface area (Å²) in [5.74, 6) is -0.274. The SMILES string of the molecule is NC1=NC(=O)/C(=C/c2ccncc2)S1. The molecule has 4 nitrogen and oxygen atoms in total. The molecule has 0 fully saturated rings. The van der Waals surface area contributed by atoms with Gasteiger partial charge in [0.05, 0.1) is 4.91 Å². The van der Waals surface area contributed by atoms with Gasteiger partial charge in [-0.2, -0.15) is 4.99 Å². The number of pyridine rings is 1. The topological polar surface area (TPSA) is 68.3 Å². The molecule has 1 aliphatic heterocycles. The molecular weight excluding hydrogens is 198 g/mol. The van der Waals surface area contributed by atoms with Crippen molar-refractivity contribution >= 4 is 28.9 Å². The number of aromatic nitrogens is 1. The van der Waals surface area contributed by atoms with Crippen LogP contribution in [0.1, 0.15) is 5.56 Å². The van der Waals surface area contributed by atoms with Crippen LogP contribution in [0.25, 0.3) is 6.08 Å². The fourth-order valence-electron chi connectivity index (χ4n) is 1.04. The molecule has 1 amide bonds. The zero-order valence-corrected chi connectivity index (χ0v) is 7.99. The quantitative estimate of drug-likeness (QED) is 0.695. The number of nitrogens with zero attached hydrogens (tertiary/aromatic N) is 2. The van der Waals surface area contributed by atoms with E-state index >= 15 is 0 Å². The van der Waals surface area contributed by atoms with Gasteiger partial charge in [-0.15, -0.1) is 0 Å². The molecule has 70 valence electrons. The summed E-state index contributed by atoms with van der Waals surface area (Å²) in [6.45, 7) is 0. The molecule has 5 heteroatoms. The summed E-state index contributed by atoms with van der Waals surface area (Å²) in [5, 5.41) is 0.301. The molecule has 1 aromatic heterocycles. The molecule has 0 unspecified atom stereocenters. The second-order valence-electron chi connectivity index (χ2n) is 2.65. The van der Waals surface area contributed by atoms with Crippen molar-refractivity contribution in [3.8, 4) is 0 Å². The Morgan fingerprint density at radius 2 is 2.07 bits per heavy atom. The summed E-state index contributed by atoms with van der Waals surface area (Å²) < 4.78 is 0. The van der Waals surface area contributed by atoms with E-state index in [1.807, 2.05) is 12.1 Å². The standard InChI is InChI=1S/C9H7N3OS/c10-9-12-8(13)7(14-9)5-6-1-3-11-4-2-6/h1-5H,(H2,10,12,13)/b7-5-. The monoisotopic (exact) mass is 205 g/mol. The van der Waals surface area contributed by atoms with Crippen LogP contribution in [-0.4, -0.2) is 16.1 Å². The molecule has 0 bridgehead atoms. The van der Waals surface area contributed by atoms with Crippen molar-refractivity contribution in [1.29, 1.82) is 0 Å². The molecule has 0 radical (unpaired) electrons. The van der Waals surface area contributed by atoms with E-state index in [9.17, 15) is 4.79 Å². The maximum absolute atomic E-state index is 11.2. The van der Waals surface area contributed by atoms with Crippen molar-refractivity contribution in [1.82, 2.24) is 4.98 Å². The molecular formula is C9H7N3OS. The van der Waals surface area contributed by atoms with Gasteiger partial charge in [0.25, 0.3) is 5.91 Å². The molecule has 0 saturated carbocycles. The maximum atomic E-state index is 11.2. The van der Waals surface area contributed by atoms with Gasteiger partial charge in [0, 0.05) is 12.4 Å². The number of hydrogen-bond donors (Lipinski definition) is 1. The van der Waals surface area contributed by atoms with Crippen LogP contribution >= 0.6 is 11.8 Å². The Hall–Kier alpha value is -1.62. The molecule has 2 N–H and O–H groups in total. The second-order valence-corrected chi connectivity index (χ2v) is 3.71. The van der Waals surface area contributed by atoms with Crippen molar-refractivity contribution in [3.63, 3.8) is 0 Å². The second kappa shape index (κ2) is 3.63. The van der Waals surface area contributed by atoms with E-state index < -0.39 is 0 Å². The number of rotatable bonds is 1. The van der Waals surface area contributed by atoms with E-state index in [2.05, 4.69) is 9.98 Å². The first-order chi connectivity index (χ1) is 6.75. The van der Waals surface area contributed by atoms with E-state index in [0.717, 1.165) is 5.56 Å². The lowest BCUT2D eigenvalue weighted by Gasteiger charge is -1.93. The Labute approximate surface area is 84.9 Å². The summed E-state index contributed by atoms with van der Waals surface area (Å²) in [5.41, 5.74) is 6.33. The van der Waals surface area contributed by atoms with Gasteiger partial charge in [-0.3, -0.25) is 9.78 Å². The third-order valence-corrected chi connectivity index (χ3v) is 2.45. The number of amides is 1. The summed E-state index contributed by atoms with van der Waals surface area (Å²) >= 11 is 1.19. The molecule has 0 atom stereocenters. The predicted octanol–water partition coefficient (Wildman–Crippen LogP) is 1.01. The number of carbonyl (C=O) groups excluding carboxylic acids is 1. The normalized spacial score (nSPS) is 18.7. The molecule has 1 aliphatic rings. The van der Waals surface area contributed by atoms with Crippen LogP contribution in [0.4, 0.5) is 0 Å². The highest BCUT2D eigenvalue weighted by Crippen LogP contribution is 2.25. The Bertz CT molecular complexity index is 425. The molecule has 0 aliphatic carbocycles.